The number of carbonyl (C=O) groups is 1. The first-order chi connectivity index (χ1) is 13.5. The van der Waals surface area contributed by atoms with Gasteiger partial charge in [-0.2, -0.15) is 0 Å². The van der Waals surface area contributed by atoms with Gasteiger partial charge in [0, 0.05) is 28.1 Å². The highest BCUT2D eigenvalue weighted by Gasteiger charge is 2.35. The maximum absolute atomic E-state index is 12.2. The van der Waals surface area contributed by atoms with Crippen molar-refractivity contribution in [2.24, 2.45) is 5.11 Å². The van der Waals surface area contributed by atoms with Crippen LogP contribution in [0.5, 0.6) is 0 Å². The van der Waals surface area contributed by atoms with E-state index in [1.54, 1.807) is 24.3 Å². The third-order valence-electron chi connectivity index (χ3n) is 4.21. The van der Waals surface area contributed by atoms with Gasteiger partial charge in [-0.15, -0.1) is 0 Å². The van der Waals surface area contributed by atoms with Crippen LogP contribution in [0.1, 0.15) is 18.4 Å². The number of azide groups is 1. The SMILES string of the molecule is COOCC1=C(C)NC(COCCN=[N+]=[N-])=C(C(=O)O)C1c1ccccc1Cl. The van der Waals surface area contributed by atoms with Gasteiger partial charge < -0.3 is 15.2 Å². The number of nitrogens with one attached hydrogen (secondary N) is 1. The van der Waals surface area contributed by atoms with Crippen LogP contribution >= 0.6 is 11.6 Å². The summed E-state index contributed by atoms with van der Waals surface area (Å²) < 4.78 is 5.47. The molecule has 0 spiro atoms. The lowest BCUT2D eigenvalue weighted by Crippen LogP contribution is -2.32. The number of hydrogen-bond acceptors (Lipinski definition) is 6. The Morgan fingerprint density at radius 2 is 2.14 bits per heavy atom. The molecule has 150 valence electrons. The molecule has 0 aromatic heterocycles. The van der Waals surface area contributed by atoms with E-state index in [2.05, 4.69) is 15.3 Å². The maximum Gasteiger partial charge on any atom is 0.334 e. The smallest absolute Gasteiger partial charge is 0.334 e. The molecule has 2 N–H and O–H groups in total. The van der Waals surface area contributed by atoms with Crippen molar-refractivity contribution in [3.05, 3.63) is 67.8 Å². The van der Waals surface area contributed by atoms with Crippen molar-refractivity contribution in [2.45, 2.75) is 12.8 Å². The third-order valence-corrected chi connectivity index (χ3v) is 4.55. The van der Waals surface area contributed by atoms with Gasteiger partial charge in [-0.25, -0.2) is 14.6 Å². The molecule has 1 unspecified atom stereocenters. The number of hydrogen-bond donors (Lipinski definition) is 2. The molecule has 0 saturated carbocycles. The largest absolute Gasteiger partial charge is 0.478 e. The summed E-state index contributed by atoms with van der Waals surface area (Å²) in [5, 5.41) is 16.9. The number of carboxylic acid groups (broad SMARTS) is 1. The van der Waals surface area contributed by atoms with E-state index in [1.165, 1.54) is 7.11 Å². The molecular formula is C18H21ClN4O5. The molecule has 0 saturated heterocycles. The Morgan fingerprint density at radius 1 is 1.39 bits per heavy atom. The van der Waals surface area contributed by atoms with Crippen molar-refractivity contribution in [1.29, 1.82) is 0 Å². The van der Waals surface area contributed by atoms with E-state index in [0.29, 0.717) is 21.9 Å². The van der Waals surface area contributed by atoms with E-state index < -0.39 is 11.9 Å². The summed E-state index contributed by atoms with van der Waals surface area (Å²) in [6.45, 7) is 2.21. The first-order valence-electron chi connectivity index (χ1n) is 8.42. The van der Waals surface area contributed by atoms with Crippen molar-refractivity contribution in [3.8, 4) is 0 Å². The molecule has 0 fully saturated rings. The topological polar surface area (TPSA) is 126 Å². The highest BCUT2D eigenvalue weighted by molar-refractivity contribution is 6.31. The van der Waals surface area contributed by atoms with E-state index in [9.17, 15) is 9.90 Å². The molecule has 0 radical (unpaired) electrons. The Bertz CT molecular complexity index is 833. The van der Waals surface area contributed by atoms with Crippen LogP contribution in [-0.2, 0) is 19.3 Å². The van der Waals surface area contributed by atoms with Crippen LogP contribution in [0.15, 0.2) is 51.9 Å². The van der Waals surface area contributed by atoms with Gasteiger partial charge in [0.2, 0.25) is 0 Å². The molecule has 1 heterocycles. The second-order valence-electron chi connectivity index (χ2n) is 5.86. The van der Waals surface area contributed by atoms with Gasteiger partial charge in [0.1, 0.15) is 6.61 Å². The number of nitrogens with zero attached hydrogens (tertiary/aromatic N) is 3. The summed E-state index contributed by atoms with van der Waals surface area (Å²) in [5.74, 6) is -1.74. The molecule has 9 nitrogen and oxygen atoms in total. The number of allylic oxidation sites excluding steroid dienone is 1. The molecule has 1 aromatic rings. The number of rotatable bonds is 10. The lowest BCUT2D eigenvalue weighted by molar-refractivity contribution is -0.265. The maximum atomic E-state index is 12.2. The number of ether oxygens (including phenoxy) is 1. The van der Waals surface area contributed by atoms with Gasteiger partial charge in [0.05, 0.1) is 31.6 Å². The van der Waals surface area contributed by atoms with Gasteiger partial charge in [0.15, 0.2) is 0 Å². The van der Waals surface area contributed by atoms with E-state index in [1.807, 2.05) is 6.92 Å². The van der Waals surface area contributed by atoms with Gasteiger partial charge in [-0.3, -0.25) is 0 Å². The van der Waals surface area contributed by atoms with Gasteiger partial charge in [-0.05, 0) is 29.7 Å². The van der Waals surface area contributed by atoms with E-state index >= 15 is 0 Å². The highest BCUT2D eigenvalue weighted by atomic mass is 35.5. The van der Waals surface area contributed by atoms with Crippen molar-refractivity contribution >= 4 is 17.6 Å². The summed E-state index contributed by atoms with van der Waals surface area (Å²) in [6, 6.07) is 7.06. The molecule has 28 heavy (non-hydrogen) atoms. The fourth-order valence-corrected chi connectivity index (χ4v) is 3.24. The minimum Gasteiger partial charge on any atom is -0.478 e. The fourth-order valence-electron chi connectivity index (χ4n) is 3.00. The van der Waals surface area contributed by atoms with Gasteiger partial charge >= 0.3 is 5.97 Å². The van der Waals surface area contributed by atoms with Crippen LogP contribution in [0.25, 0.3) is 10.4 Å². The first kappa shape index (κ1) is 21.7. The average Bonchev–Trinajstić information content (AvgIpc) is 2.66. The molecule has 0 aliphatic carbocycles. The van der Waals surface area contributed by atoms with Crippen molar-refractivity contribution in [2.75, 3.05) is 33.5 Å². The van der Waals surface area contributed by atoms with Gasteiger partial charge in [0.25, 0.3) is 0 Å². The van der Waals surface area contributed by atoms with Crippen molar-refractivity contribution in [1.82, 2.24) is 5.32 Å². The standard InChI is InChI=1S/C18H21ClN4O5/c1-11-13(9-28-26-2)16(12-5-3-4-6-14(12)19)17(18(24)25)15(22-11)10-27-8-7-21-23-20/h3-6,16,22H,7-10H2,1-2H3,(H,24,25). The summed E-state index contributed by atoms with van der Waals surface area (Å²) in [6.07, 6.45) is 0. The van der Waals surface area contributed by atoms with Crippen LogP contribution < -0.4 is 5.32 Å². The van der Waals surface area contributed by atoms with Crippen LogP contribution in [0.4, 0.5) is 0 Å². The first-order valence-corrected chi connectivity index (χ1v) is 8.80. The Labute approximate surface area is 167 Å². The predicted molar refractivity (Wildman–Crippen MR) is 102 cm³/mol. The lowest BCUT2D eigenvalue weighted by atomic mass is 9.80. The van der Waals surface area contributed by atoms with Gasteiger partial charge in [-0.1, -0.05) is 34.9 Å². The van der Waals surface area contributed by atoms with Crippen molar-refractivity contribution < 1.29 is 24.4 Å². The average molecular weight is 409 g/mol. The molecule has 1 aromatic carbocycles. The fraction of sp³-hybridized carbons (Fsp3) is 0.389. The summed E-state index contributed by atoms with van der Waals surface area (Å²) in [4.78, 5) is 24.6. The van der Waals surface area contributed by atoms with Crippen LogP contribution in [0.2, 0.25) is 5.02 Å². The number of dihydropyridines is 1. The number of carboxylic acids is 1. The zero-order valence-corrected chi connectivity index (χ0v) is 16.3. The van der Waals surface area contributed by atoms with Crippen LogP contribution in [-0.4, -0.2) is 44.6 Å². The quantitative estimate of drug-likeness (QED) is 0.152. The number of halogens is 1. The Hall–Kier alpha value is -2.55. The summed E-state index contributed by atoms with van der Waals surface area (Å²) in [5.41, 5.74) is 10.9. The second kappa shape index (κ2) is 10.7. The zero-order chi connectivity index (χ0) is 20.5. The molecular weight excluding hydrogens is 388 g/mol. The minimum atomic E-state index is -1.10. The third kappa shape index (κ3) is 5.25. The number of benzene rings is 1. The molecule has 0 bridgehead atoms. The second-order valence-corrected chi connectivity index (χ2v) is 6.27. The molecule has 1 aliphatic heterocycles. The van der Waals surface area contributed by atoms with Crippen LogP contribution in [0.3, 0.4) is 0 Å². The molecule has 10 heteroatoms. The Balaban J connectivity index is 2.45. The van der Waals surface area contributed by atoms with E-state index in [4.69, 9.17) is 31.6 Å². The highest BCUT2D eigenvalue weighted by Crippen LogP contribution is 2.41. The predicted octanol–water partition coefficient (Wildman–Crippen LogP) is 3.54. The zero-order valence-electron chi connectivity index (χ0n) is 15.5. The molecule has 1 atom stereocenters. The summed E-state index contributed by atoms with van der Waals surface area (Å²) in [7, 11) is 1.38. The Morgan fingerprint density at radius 3 is 2.79 bits per heavy atom. The van der Waals surface area contributed by atoms with Crippen molar-refractivity contribution in [3.63, 3.8) is 0 Å². The monoisotopic (exact) mass is 408 g/mol. The molecule has 1 aliphatic rings. The minimum absolute atomic E-state index is 0.0132. The normalized spacial score (nSPS) is 16.6. The molecule has 0 amide bonds. The van der Waals surface area contributed by atoms with Crippen LogP contribution in [0, 0.1) is 0 Å². The van der Waals surface area contributed by atoms with E-state index in [0.717, 1.165) is 5.70 Å². The molecule has 2 rings (SSSR count). The lowest BCUT2D eigenvalue weighted by Gasteiger charge is -2.32. The Kier molecular flexibility index (Phi) is 8.31. The van der Waals surface area contributed by atoms with E-state index in [-0.39, 0.29) is 31.9 Å². The summed E-state index contributed by atoms with van der Waals surface area (Å²) >= 11 is 6.38. The number of aliphatic carboxylic acids is 1.